The van der Waals surface area contributed by atoms with Gasteiger partial charge in [-0.25, -0.2) is 9.78 Å². The molecule has 1 aromatic rings. The third kappa shape index (κ3) is 4.12. The first-order valence-corrected chi connectivity index (χ1v) is 5.53. The van der Waals surface area contributed by atoms with Gasteiger partial charge in [0, 0.05) is 13.7 Å². The third-order valence-electron chi connectivity index (χ3n) is 2.18. The minimum absolute atomic E-state index is 0.0176. The number of hydrogen-bond acceptors (Lipinski definition) is 6. The lowest BCUT2D eigenvalue weighted by molar-refractivity contribution is 0.0512. The molecule has 3 N–H and O–H groups in total. The lowest BCUT2D eigenvalue weighted by atomic mass is 10.1. The lowest BCUT2D eigenvalue weighted by Gasteiger charge is -2.06. The summed E-state index contributed by atoms with van der Waals surface area (Å²) in [4.78, 5) is 15.3. The summed E-state index contributed by atoms with van der Waals surface area (Å²) in [6.45, 7) is 2.66. The summed E-state index contributed by atoms with van der Waals surface area (Å²) in [5.74, 6) is -0.0349. The zero-order valence-electron chi connectivity index (χ0n) is 10.1. The van der Waals surface area contributed by atoms with Gasteiger partial charge >= 0.3 is 5.97 Å². The van der Waals surface area contributed by atoms with Crippen LogP contribution in [0.2, 0.25) is 0 Å². The van der Waals surface area contributed by atoms with Gasteiger partial charge in [0.05, 0.1) is 12.6 Å². The second-order valence-corrected chi connectivity index (χ2v) is 3.51. The molecule has 0 aliphatic rings. The average Bonchev–Trinajstić information content (AvgIpc) is 2.79. The predicted octanol–water partition coefficient (Wildman–Crippen LogP) is 0.408. The Bertz CT molecular complexity index is 353. The highest BCUT2D eigenvalue weighted by Gasteiger charge is 2.16. The Balaban J connectivity index is 2.51. The molecule has 17 heavy (non-hydrogen) atoms. The zero-order valence-corrected chi connectivity index (χ0v) is 10.1. The van der Waals surface area contributed by atoms with Gasteiger partial charge in [-0.3, -0.25) is 5.10 Å². The van der Waals surface area contributed by atoms with Crippen molar-refractivity contribution in [1.29, 1.82) is 0 Å². The van der Waals surface area contributed by atoms with Crippen LogP contribution in [-0.4, -0.2) is 41.5 Å². The summed E-state index contributed by atoms with van der Waals surface area (Å²) in [5.41, 5.74) is 5.88. The van der Waals surface area contributed by atoms with Crippen molar-refractivity contribution >= 4 is 5.97 Å². The summed E-state index contributed by atoms with van der Waals surface area (Å²) < 4.78 is 9.70. The number of nitrogens with zero attached hydrogens (tertiary/aromatic N) is 2. The van der Waals surface area contributed by atoms with E-state index >= 15 is 0 Å². The molecule has 7 nitrogen and oxygen atoms in total. The summed E-state index contributed by atoms with van der Waals surface area (Å²) in [5, 5.41) is 6.41. The molecular formula is C10H18N4O3. The van der Waals surface area contributed by atoms with Crippen LogP contribution in [-0.2, 0) is 9.47 Å². The van der Waals surface area contributed by atoms with Gasteiger partial charge in [0.15, 0.2) is 0 Å². The van der Waals surface area contributed by atoms with Gasteiger partial charge in [-0.2, -0.15) is 0 Å². The predicted molar refractivity (Wildman–Crippen MR) is 60.4 cm³/mol. The van der Waals surface area contributed by atoms with Crippen molar-refractivity contribution < 1.29 is 14.3 Å². The molecule has 0 aliphatic carbocycles. The molecule has 1 atom stereocenters. The standard InChI is InChI=1S/C10H18N4O3/c1-3-17-10(15)9-12-8(13-14-9)7(11)5-4-6-16-2/h7H,3-6,11H2,1-2H3,(H,12,13,14). The SMILES string of the molecule is CCOC(=O)c1n[nH]c(C(N)CCCOC)n1. The van der Waals surface area contributed by atoms with Gasteiger partial charge in [-0.05, 0) is 19.8 Å². The van der Waals surface area contributed by atoms with E-state index in [2.05, 4.69) is 15.2 Å². The molecule has 7 heteroatoms. The van der Waals surface area contributed by atoms with Crippen LogP contribution in [0, 0.1) is 0 Å². The van der Waals surface area contributed by atoms with E-state index in [9.17, 15) is 4.79 Å². The van der Waals surface area contributed by atoms with Crippen molar-refractivity contribution in [3.63, 3.8) is 0 Å². The molecule has 1 unspecified atom stereocenters. The van der Waals surface area contributed by atoms with Gasteiger partial charge in [-0.15, -0.1) is 5.10 Å². The first-order valence-electron chi connectivity index (χ1n) is 5.53. The topological polar surface area (TPSA) is 103 Å². The summed E-state index contributed by atoms with van der Waals surface area (Å²) in [7, 11) is 1.64. The van der Waals surface area contributed by atoms with E-state index < -0.39 is 5.97 Å². The molecule has 0 fully saturated rings. The minimum Gasteiger partial charge on any atom is -0.460 e. The fraction of sp³-hybridized carbons (Fsp3) is 0.700. The van der Waals surface area contributed by atoms with Gasteiger partial charge in [0.2, 0.25) is 0 Å². The lowest BCUT2D eigenvalue weighted by Crippen LogP contribution is -2.13. The third-order valence-corrected chi connectivity index (χ3v) is 2.18. The van der Waals surface area contributed by atoms with E-state index in [-0.39, 0.29) is 11.9 Å². The number of esters is 1. The Hall–Kier alpha value is -1.47. The molecule has 0 spiro atoms. The van der Waals surface area contributed by atoms with Crippen molar-refractivity contribution in [3.8, 4) is 0 Å². The number of nitrogens with one attached hydrogen (secondary N) is 1. The van der Waals surface area contributed by atoms with Crippen molar-refractivity contribution in [2.75, 3.05) is 20.3 Å². The van der Waals surface area contributed by atoms with E-state index in [1.807, 2.05) is 0 Å². The van der Waals surface area contributed by atoms with Crippen LogP contribution in [0.5, 0.6) is 0 Å². The number of carbonyl (C=O) groups is 1. The monoisotopic (exact) mass is 242 g/mol. The highest BCUT2D eigenvalue weighted by molar-refractivity contribution is 5.84. The van der Waals surface area contributed by atoms with Crippen LogP contribution in [0.25, 0.3) is 0 Å². The number of aromatic nitrogens is 3. The van der Waals surface area contributed by atoms with Crippen molar-refractivity contribution in [3.05, 3.63) is 11.6 Å². The number of ether oxygens (including phenoxy) is 2. The molecule has 1 aromatic heterocycles. The Labute approximate surface area is 99.7 Å². The van der Waals surface area contributed by atoms with Gasteiger partial charge < -0.3 is 15.2 Å². The summed E-state index contributed by atoms with van der Waals surface area (Å²) >= 11 is 0. The fourth-order valence-electron chi connectivity index (χ4n) is 1.31. The highest BCUT2D eigenvalue weighted by Crippen LogP contribution is 2.11. The fourth-order valence-corrected chi connectivity index (χ4v) is 1.31. The van der Waals surface area contributed by atoms with Crippen molar-refractivity contribution in [1.82, 2.24) is 15.2 Å². The molecule has 0 radical (unpaired) electrons. The van der Waals surface area contributed by atoms with E-state index in [0.717, 1.165) is 6.42 Å². The number of rotatable bonds is 7. The maximum atomic E-state index is 11.3. The normalized spacial score (nSPS) is 12.4. The molecule has 0 saturated carbocycles. The van der Waals surface area contributed by atoms with Gasteiger partial charge in [-0.1, -0.05) is 0 Å². The summed E-state index contributed by atoms with van der Waals surface area (Å²) in [6, 6.07) is -0.277. The Morgan fingerprint density at radius 2 is 2.35 bits per heavy atom. The molecule has 1 rings (SSSR count). The smallest absolute Gasteiger partial charge is 0.378 e. The van der Waals surface area contributed by atoms with Gasteiger partial charge in [0.25, 0.3) is 5.82 Å². The van der Waals surface area contributed by atoms with Crippen LogP contribution in [0.3, 0.4) is 0 Å². The molecule has 0 saturated heterocycles. The number of nitrogens with two attached hydrogens (primary N) is 1. The summed E-state index contributed by atoms with van der Waals surface area (Å²) in [6.07, 6.45) is 1.54. The number of carbonyl (C=O) groups excluding carboxylic acids is 1. The van der Waals surface area contributed by atoms with Crippen LogP contribution in [0.4, 0.5) is 0 Å². The van der Waals surface area contributed by atoms with Crippen LogP contribution in [0.15, 0.2) is 0 Å². The second-order valence-electron chi connectivity index (χ2n) is 3.51. The second kappa shape index (κ2) is 6.97. The van der Waals surface area contributed by atoms with E-state index in [1.165, 1.54) is 0 Å². The Kier molecular flexibility index (Phi) is 5.58. The number of H-pyrrole nitrogens is 1. The van der Waals surface area contributed by atoms with Crippen molar-refractivity contribution in [2.24, 2.45) is 5.73 Å². The van der Waals surface area contributed by atoms with Crippen LogP contribution in [0.1, 0.15) is 42.3 Å². The van der Waals surface area contributed by atoms with E-state index in [4.69, 9.17) is 15.2 Å². The van der Waals surface area contributed by atoms with E-state index in [0.29, 0.717) is 25.5 Å². The van der Waals surface area contributed by atoms with Crippen molar-refractivity contribution in [2.45, 2.75) is 25.8 Å². The molecular weight excluding hydrogens is 224 g/mol. The number of hydrogen-bond donors (Lipinski definition) is 2. The zero-order chi connectivity index (χ0) is 12.7. The maximum Gasteiger partial charge on any atom is 0.378 e. The van der Waals surface area contributed by atoms with Gasteiger partial charge in [0.1, 0.15) is 5.82 Å². The molecule has 0 bridgehead atoms. The molecule has 0 amide bonds. The molecule has 0 aromatic carbocycles. The molecule has 96 valence electrons. The number of methoxy groups -OCH3 is 1. The highest BCUT2D eigenvalue weighted by atomic mass is 16.5. The largest absolute Gasteiger partial charge is 0.460 e. The maximum absolute atomic E-state index is 11.3. The average molecular weight is 242 g/mol. The van der Waals surface area contributed by atoms with E-state index in [1.54, 1.807) is 14.0 Å². The number of aromatic amines is 1. The first-order chi connectivity index (χ1) is 8.19. The minimum atomic E-state index is -0.543. The van der Waals surface area contributed by atoms with Crippen LogP contribution >= 0.6 is 0 Å². The Morgan fingerprint density at radius 1 is 1.59 bits per heavy atom. The molecule has 1 heterocycles. The van der Waals surface area contributed by atoms with Crippen LogP contribution < -0.4 is 5.73 Å². The Morgan fingerprint density at radius 3 is 3.00 bits per heavy atom. The quantitative estimate of drug-likeness (QED) is 0.530. The molecule has 0 aliphatic heterocycles. The first kappa shape index (κ1) is 13.6.